The summed E-state index contributed by atoms with van der Waals surface area (Å²) in [6.07, 6.45) is 5.32. The van der Waals surface area contributed by atoms with Crippen LogP contribution in [0.2, 0.25) is 18.6 Å². The second kappa shape index (κ2) is 4.64. The smallest absolute Gasteiger partial charge is 0.223 e. The van der Waals surface area contributed by atoms with Gasteiger partial charge in [-0.1, -0.05) is 61.1 Å². The zero-order valence-electron chi connectivity index (χ0n) is 11.6. The third kappa shape index (κ3) is 2.27. The predicted molar refractivity (Wildman–Crippen MR) is 80.6 cm³/mol. The third-order valence-corrected chi connectivity index (χ3v) is 8.49. The minimum atomic E-state index is -1.48. The minimum Gasteiger partial charge on any atom is -0.350 e. The molecule has 0 spiro atoms. The number of carbonyl (C=O) groups is 1. The lowest BCUT2D eigenvalue weighted by atomic mass is 9.95. The lowest BCUT2D eigenvalue weighted by molar-refractivity contribution is -0.122. The number of nitrogens with one attached hydrogen (secondary N) is 1. The number of rotatable bonds is 3. The molecule has 3 heteroatoms. The predicted octanol–water partition coefficient (Wildman–Crippen LogP) is 2.92. The first-order valence-corrected chi connectivity index (χ1v) is 10.4. The van der Waals surface area contributed by atoms with Gasteiger partial charge in [0.2, 0.25) is 5.91 Å². The molecule has 1 amide bonds. The highest BCUT2D eigenvalue weighted by Gasteiger charge is 2.50. The maximum absolute atomic E-state index is 12.0. The van der Waals surface area contributed by atoms with Crippen molar-refractivity contribution < 1.29 is 4.79 Å². The highest BCUT2D eigenvalue weighted by atomic mass is 28.3. The van der Waals surface area contributed by atoms with Crippen LogP contribution in [0.15, 0.2) is 42.5 Å². The van der Waals surface area contributed by atoms with Crippen LogP contribution in [-0.4, -0.2) is 20.0 Å². The van der Waals surface area contributed by atoms with Gasteiger partial charge in [-0.3, -0.25) is 4.79 Å². The van der Waals surface area contributed by atoms with Crippen molar-refractivity contribution in [3.05, 3.63) is 48.0 Å². The fourth-order valence-corrected chi connectivity index (χ4v) is 7.91. The van der Waals surface area contributed by atoms with E-state index in [0.29, 0.717) is 5.54 Å². The van der Waals surface area contributed by atoms with E-state index in [2.05, 4.69) is 60.9 Å². The van der Waals surface area contributed by atoms with E-state index in [9.17, 15) is 4.79 Å². The molecule has 2 bridgehead atoms. The summed E-state index contributed by atoms with van der Waals surface area (Å²) in [5.74, 6) is 0.494. The first-order chi connectivity index (χ1) is 9.08. The summed E-state index contributed by atoms with van der Waals surface area (Å²) in [5, 5.41) is 3.17. The summed E-state index contributed by atoms with van der Waals surface area (Å²) in [6, 6.07) is 12.2. The van der Waals surface area contributed by atoms with Crippen LogP contribution in [0.5, 0.6) is 0 Å². The van der Waals surface area contributed by atoms with Crippen LogP contribution in [0.3, 0.4) is 0 Å². The number of amides is 1. The molecule has 1 fully saturated rings. The molecule has 100 valence electrons. The molecule has 2 nitrogen and oxygen atoms in total. The molecule has 3 rings (SSSR count). The van der Waals surface area contributed by atoms with Gasteiger partial charge in [-0.15, -0.1) is 0 Å². The molecule has 1 aliphatic heterocycles. The van der Waals surface area contributed by atoms with E-state index in [1.807, 2.05) is 0 Å². The van der Waals surface area contributed by atoms with Gasteiger partial charge in [0.05, 0.1) is 8.07 Å². The highest BCUT2D eigenvalue weighted by Crippen LogP contribution is 2.44. The van der Waals surface area contributed by atoms with Gasteiger partial charge in [0.15, 0.2) is 0 Å². The minimum absolute atomic E-state index is 0.223. The fraction of sp³-hybridized carbons (Fsp3) is 0.438. The molecule has 1 heterocycles. The topological polar surface area (TPSA) is 29.1 Å². The molecule has 3 atom stereocenters. The average Bonchev–Trinajstić information content (AvgIpc) is 2.58. The normalized spacial score (nSPS) is 29.4. The SMILES string of the molecule is C[Si](C)(Cc1ccccc1)C1[C@@H]2CC=C[C@H]1NC2=O. The van der Waals surface area contributed by atoms with Crippen molar-refractivity contribution in [1.29, 1.82) is 0 Å². The zero-order chi connectivity index (χ0) is 13.5. The summed E-state index contributed by atoms with van der Waals surface area (Å²) in [5.41, 5.74) is 1.96. The largest absolute Gasteiger partial charge is 0.350 e. The zero-order valence-corrected chi connectivity index (χ0v) is 12.6. The van der Waals surface area contributed by atoms with Crippen molar-refractivity contribution >= 4 is 14.0 Å². The number of carbonyl (C=O) groups excluding carboxylic acids is 1. The van der Waals surface area contributed by atoms with Gasteiger partial charge in [-0.25, -0.2) is 0 Å². The van der Waals surface area contributed by atoms with Crippen LogP contribution < -0.4 is 5.32 Å². The molecular weight excluding hydrogens is 250 g/mol. The first-order valence-electron chi connectivity index (χ1n) is 7.09. The number of hydrogen-bond acceptors (Lipinski definition) is 1. The Morgan fingerprint density at radius 2 is 2.00 bits per heavy atom. The van der Waals surface area contributed by atoms with Crippen LogP contribution in [0.1, 0.15) is 12.0 Å². The molecule has 2 aliphatic rings. The van der Waals surface area contributed by atoms with Gasteiger partial charge in [0.1, 0.15) is 0 Å². The molecule has 19 heavy (non-hydrogen) atoms. The average molecular weight is 271 g/mol. The van der Waals surface area contributed by atoms with E-state index in [4.69, 9.17) is 0 Å². The Labute approximate surface area is 115 Å². The van der Waals surface area contributed by atoms with E-state index in [0.717, 1.165) is 12.5 Å². The van der Waals surface area contributed by atoms with Crippen LogP contribution >= 0.6 is 0 Å². The second-order valence-electron chi connectivity index (χ2n) is 6.48. The number of fused-ring (bicyclic) bond motifs is 2. The van der Waals surface area contributed by atoms with E-state index < -0.39 is 8.07 Å². The molecule has 0 radical (unpaired) electrons. The maximum Gasteiger partial charge on any atom is 0.223 e. The quantitative estimate of drug-likeness (QED) is 0.664. The van der Waals surface area contributed by atoms with Gasteiger partial charge in [0.25, 0.3) is 0 Å². The van der Waals surface area contributed by atoms with Gasteiger partial charge in [0, 0.05) is 12.0 Å². The summed E-state index contributed by atoms with van der Waals surface area (Å²) >= 11 is 0. The van der Waals surface area contributed by atoms with Crippen molar-refractivity contribution in [3.63, 3.8) is 0 Å². The van der Waals surface area contributed by atoms with Crippen molar-refractivity contribution in [2.75, 3.05) is 0 Å². The molecule has 1 saturated heterocycles. The van der Waals surface area contributed by atoms with E-state index >= 15 is 0 Å². The standard InChI is InChI=1S/C16H21NOSi/c1-19(2,11-12-7-4-3-5-8-12)15-13-9-6-10-14(15)17-16(13)18/h3-8,10,13-15H,9,11H2,1-2H3,(H,17,18)/t13-,14+,15?/m0/s1. The molecule has 1 aromatic rings. The number of allylic oxidation sites excluding steroid dienone is 1. The van der Waals surface area contributed by atoms with Crippen molar-refractivity contribution in [3.8, 4) is 0 Å². The van der Waals surface area contributed by atoms with Gasteiger partial charge in [-0.05, 0) is 18.0 Å². The lowest BCUT2D eigenvalue weighted by Crippen LogP contribution is -2.44. The molecular formula is C16H21NOSi. The van der Waals surface area contributed by atoms with Crippen LogP contribution in [0.4, 0.5) is 0 Å². The third-order valence-electron chi connectivity index (χ3n) is 4.60. The van der Waals surface area contributed by atoms with E-state index in [-0.39, 0.29) is 17.9 Å². The molecule has 1 aliphatic carbocycles. The van der Waals surface area contributed by atoms with Crippen LogP contribution in [-0.2, 0) is 10.8 Å². The van der Waals surface area contributed by atoms with Gasteiger partial charge >= 0.3 is 0 Å². The van der Waals surface area contributed by atoms with Crippen LogP contribution in [0, 0.1) is 5.92 Å². The van der Waals surface area contributed by atoms with Gasteiger partial charge in [-0.2, -0.15) is 0 Å². The monoisotopic (exact) mass is 271 g/mol. The Morgan fingerprint density at radius 1 is 1.26 bits per heavy atom. The fourth-order valence-electron chi connectivity index (χ4n) is 3.84. The Hall–Kier alpha value is -1.35. The van der Waals surface area contributed by atoms with Crippen molar-refractivity contribution in [2.24, 2.45) is 5.92 Å². The van der Waals surface area contributed by atoms with Crippen LogP contribution in [0.25, 0.3) is 0 Å². The first kappa shape index (κ1) is 12.7. The maximum atomic E-state index is 12.0. The Kier molecular flexibility index (Phi) is 3.09. The summed E-state index contributed by atoms with van der Waals surface area (Å²) in [6.45, 7) is 4.87. The molecule has 0 saturated carbocycles. The summed E-state index contributed by atoms with van der Waals surface area (Å²) in [7, 11) is -1.48. The molecule has 1 N–H and O–H groups in total. The number of benzene rings is 1. The Balaban J connectivity index is 1.85. The second-order valence-corrected chi connectivity index (χ2v) is 11.5. The molecule has 0 aromatic heterocycles. The number of hydrogen-bond donors (Lipinski definition) is 1. The Morgan fingerprint density at radius 3 is 2.68 bits per heavy atom. The summed E-state index contributed by atoms with van der Waals surface area (Å²) in [4.78, 5) is 12.0. The molecule has 1 unspecified atom stereocenters. The lowest BCUT2D eigenvalue weighted by Gasteiger charge is -2.37. The highest BCUT2D eigenvalue weighted by molar-refractivity contribution is 6.79. The summed E-state index contributed by atoms with van der Waals surface area (Å²) < 4.78 is 0. The Bertz CT molecular complexity index is 509. The molecule has 1 aromatic carbocycles. The van der Waals surface area contributed by atoms with Crippen molar-refractivity contribution in [2.45, 2.75) is 37.1 Å². The van der Waals surface area contributed by atoms with E-state index in [1.165, 1.54) is 5.56 Å². The van der Waals surface area contributed by atoms with E-state index in [1.54, 1.807) is 0 Å². The van der Waals surface area contributed by atoms with Crippen molar-refractivity contribution in [1.82, 2.24) is 5.32 Å². The van der Waals surface area contributed by atoms with Gasteiger partial charge < -0.3 is 5.32 Å².